The molecule has 0 saturated heterocycles. The molecule has 1 aromatic heterocycles. The Balaban J connectivity index is 1.63. The highest BCUT2D eigenvalue weighted by atomic mass is 32.1. The highest BCUT2D eigenvalue weighted by Crippen LogP contribution is 2.24. The Morgan fingerprint density at radius 1 is 1.07 bits per heavy atom. The second-order valence-corrected chi connectivity index (χ2v) is 6.57. The van der Waals surface area contributed by atoms with Gasteiger partial charge in [0.2, 0.25) is 0 Å². The van der Waals surface area contributed by atoms with Crippen molar-refractivity contribution in [3.63, 3.8) is 0 Å². The lowest BCUT2D eigenvalue weighted by atomic mass is 10.1. The van der Waals surface area contributed by atoms with E-state index in [-0.39, 0.29) is 11.3 Å². The molecule has 0 aliphatic carbocycles. The minimum atomic E-state index is -1.13. The number of carbonyl (C=O) groups excluding carboxylic acids is 2. The van der Waals surface area contributed by atoms with Gasteiger partial charge in [-0.1, -0.05) is 31.2 Å². The molecular formula is C20H15F2NO3S. The molecule has 0 aliphatic rings. The van der Waals surface area contributed by atoms with Crippen LogP contribution in [-0.4, -0.2) is 23.3 Å². The Morgan fingerprint density at radius 3 is 2.48 bits per heavy atom. The van der Waals surface area contributed by atoms with E-state index in [1.165, 1.54) is 16.9 Å². The lowest BCUT2D eigenvalue weighted by Gasteiger charge is -2.03. The number of aryl methyl sites for hydroxylation is 1. The predicted molar refractivity (Wildman–Crippen MR) is 97.9 cm³/mol. The average Bonchev–Trinajstić information content (AvgIpc) is 3.18. The van der Waals surface area contributed by atoms with Gasteiger partial charge in [0.05, 0.1) is 0 Å². The summed E-state index contributed by atoms with van der Waals surface area (Å²) in [6.07, 6.45) is 0.932. The molecule has 3 rings (SSSR count). The fourth-order valence-electron chi connectivity index (χ4n) is 2.34. The maximum absolute atomic E-state index is 13.2. The second-order valence-electron chi connectivity index (χ2n) is 5.72. The summed E-state index contributed by atoms with van der Waals surface area (Å²) in [7, 11) is 0. The molecule has 0 unspecified atom stereocenters. The van der Waals surface area contributed by atoms with E-state index < -0.39 is 30.0 Å². The van der Waals surface area contributed by atoms with E-state index in [1.807, 2.05) is 24.3 Å². The van der Waals surface area contributed by atoms with Crippen molar-refractivity contribution < 1.29 is 23.1 Å². The van der Waals surface area contributed by atoms with Crippen molar-refractivity contribution in [2.24, 2.45) is 0 Å². The van der Waals surface area contributed by atoms with E-state index in [4.69, 9.17) is 4.74 Å². The standard InChI is InChI=1S/C20H15F2NO3S/c1-2-12-3-5-13(6-4-12)19-23-17(11-27-19)20(25)26-10-18(24)14-7-8-15(21)16(22)9-14/h3-9,11H,2,10H2,1H3. The SMILES string of the molecule is CCc1ccc(-c2nc(C(=O)OCC(=O)c3ccc(F)c(F)c3)cs2)cc1. The summed E-state index contributed by atoms with van der Waals surface area (Å²) in [5.41, 5.74) is 2.10. The number of esters is 1. The number of thiazole rings is 1. The molecule has 2 aromatic carbocycles. The fraction of sp³-hybridized carbons (Fsp3) is 0.150. The molecule has 27 heavy (non-hydrogen) atoms. The van der Waals surface area contributed by atoms with Crippen molar-refractivity contribution in [3.8, 4) is 10.6 Å². The zero-order chi connectivity index (χ0) is 19.4. The van der Waals surface area contributed by atoms with Crippen LogP contribution >= 0.6 is 11.3 Å². The first-order valence-electron chi connectivity index (χ1n) is 8.18. The van der Waals surface area contributed by atoms with Crippen molar-refractivity contribution >= 4 is 23.1 Å². The number of nitrogens with zero attached hydrogens (tertiary/aromatic N) is 1. The summed E-state index contributed by atoms with van der Waals surface area (Å²) in [5, 5.41) is 2.21. The van der Waals surface area contributed by atoms with Gasteiger partial charge in [0.25, 0.3) is 0 Å². The minimum absolute atomic E-state index is 0.0725. The predicted octanol–water partition coefficient (Wildman–Crippen LogP) is 4.69. The summed E-state index contributed by atoms with van der Waals surface area (Å²) >= 11 is 1.29. The number of ether oxygens (including phenoxy) is 1. The van der Waals surface area contributed by atoms with Crippen molar-refractivity contribution in [1.29, 1.82) is 0 Å². The van der Waals surface area contributed by atoms with E-state index in [0.29, 0.717) is 5.01 Å². The molecule has 4 nitrogen and oxygen atoms in total. The molecule has 0 saturated carbocycles. The zero-order valence-corrected chi connectivity index (χ0v) is 15.2. The van der Waals surface area contributed by atoms with Crippen LogP contribution in [-0.2, 0) is 11.2 Å². The normalized spacial score (nSPS) is 10.6. The number of ketones is 1. The van der Waals surface area contributed by atoms with Crippen LogP contribution in [0.2, 0.25) is 0 Å². The molecule has 0 N–H and O–H groups in total. The zero-order valence-electron chi connectivity index (χ0n) is 14.4. The van der Waals surface area contributed by atoms with Gasteiger partial charge in [-0.15, -0.1) is 11.3 Å². The van der Waals surface area contributed by atoms with Crippen LogP contribution < -0.4 is 0 Å². The topological polar surface area (TPSA) is 56.3 Å². The van der Waals surface area contributed by atoms with Gasteiger partial charge in [-0.3, -0.25) is 4.79 Å². The molecule has 138 valence electrons. The molecule has 0 amide bonds. The summed E-state index contributed by atoms with van der Waals surface area (Å²) in [5.74, 6) is -3.57. The summed E-state index contributed by atoms with van der Waals surface area (Å²) < 4.78 is 31.0. The third-order valence-electron chi connectivity index (χ3n) is 3.90. The highest BCUT2D eigenvalue weighted by Gasteiger charge is 2.16. The van der Waals surface area contributed by atoms with Crippen LogP contribution in [0.3, 0.4) is 0 Å². The number of carbonyl (C=O) groups is 2. The summed E-state index contributed by atoms with van der Waals surface area (Å²) in [6, 6.07) is 10.6. The molecule has 1 heterocycles. The number of benzene rings is 2. The van der Waals surface area contributed by atoms with Crippen molar-refractivity contribution in [1.82, 2.24) is 4.98 Å². The second kappa shape index (κ2) is 8.18. The van der Waals surface area contributed by atoms with Crippen LogP contribution in [0.1, 0.15) is 33.3 Å². The van der Waals surface area contributed by atoms with Crippen LogP contribution in [0, 0.1) is 11.6 Å². The van der Waals surface area contributed by atoms with E-state index in [1.54, 1.807) is 5.38 Å². The van der Waals surface area contributed by atoms with Gasteiger partial charge in [0.15, 0.2) is 29.7 Å². The number of Topliss-reactive ketones (excluding diaryl/α,β-unsaturated/α-hetero) is 1. The number of hydrogen-bond acceptors (Lipinski definition) is 5. The lowest BCUT2D eigenvalue weighted by Crippen LogP contribution is -2.14. The monoisotopic (exact) mass is 387 g/mol. The first-order valence-corrected chi connectivity index (χ1v) is 9.06. The van der Waals surface area contributed by atoms with E-state index >= 15 is 0 Å². The third kappa shape index (κ3) is 4.43. The van der Waals surface area contributed by atoms with Gasteiger partial charge in [-0.05, 0) is 30.2 Å². The van der Waals surface area contributed by atoms with E-state index in [0.717, 1.165) is 30.2 Å². The molecule has 0 spiro atoms. The molecule has 0 radical (unpaired) electrons. The average molecular weight is 387 g/mol. The first-order chi connectivity index (χ1) is 13.0. The van der Waals surface area contributed by atoms with Crippen molar-refractivity contribution in [3.05, 3.63) is 76.3 Å². The quantitative estimate of drug-likeness (QED) is 0.455. The van der Waals surface area contributed by atoms with Gasteiger partial charge in [-0.25, -0.2) is 18.6 Å². The van der Waals surface area contributed by atoms with Crippen molar-refractivity contribution in [2.75, 3.05) is 6.61 Å². The third-order valence-corrected chi connectivity index (χ3v) is 4.79. The Morgan fingerprint density at radius 2 is 1.81 bits per heavy atom. The van der Waals surface area contributed by atoms with Gasteiger partial charge in [0.1, 0.15) is 5.01 Å². The van der Waals surface area contributed by atoms with Crippen LogP contribution in [0.4, 0.5) is 8.78 Å². The number of halogens is 2. The molecule has 0 aliphatic heterocycles. The van der Waals surface area contributed by atoms with Crippen LogP contribution in [0.25, 0.3) is 10.6 Å². The maximum atomic E-state index is 13.2. The maximum Gasteiger partial charge on any atom is 0.358 e. The Hall–Kier alpha value is -2.93. The van der Waals surface area contributed by atoms with Crippen LogP contribution in [0.5, 0.6) is 0 Å². The van der Waals surface area contributed by atoms with Gasteiger partial charge >= 0.3 is 5.97 Å². The Labute approximate surface area is 158 Å². The van der Waals surface area contributed by atoms with Crippen LogP contribution in [0.15, 0.2) is 47.8 Å². The lowest BCUT2D eigenvalue weighted by molar-refractivity contribution is 0.0469. The van der Waals surface area contributed by atoms with Crippen molar-refractivity contribution in [2.45, 2.75) is 13.3 Å². The largest absolute Gasteiger partial charge is 0.453 e. The van der Waals surface area contributed by atoms with Gasteiger partial charge in [0, 0.05) is 16.5 Å². The van der Waals surface area contributed by atoms with Gasteiger partial charge < -0.3 is 4.74 Å². The minimum Gasteiger partial charge on any atom is -0.453 e. The first kappa shape index (κ1) is 18.8. The Bertz CT molecular complexity index is 983. The number of rotatable bonds is 6. The van der Waals surface area contributed by atoms with E-state index in [2.05, 4.69) is 11.9 Å². The molecule has 3 aromatic rings. The molecular weight excluding hydrogens is 372 g/mol. The molecule has 0 bridgehead atoms. The van der Waals surface area contributed by atoms with E-state index in [9.17, 15) is 18.4 Å². The number of aromatic nitrogens is 1. The molecule has 0 fully saturated rings. The summed E-state index contributed by atoms with van der Waals surface area (Å²) in [4.78, 5) is 28.3. The Kier molecular flexibility index (Phi) is 5.71. The molecule has 0 atom stereocenters. The van der Waals surface area contributed by atoms with Gasteiger partial charge in [-0.2, -0.15) is 0 Å². The smallest absolute Gasteiger partial charge is 0.358 e. The molecule has 7 heteroatoms. The highest BCUT2D eigenvalue weighted by molar-refractivity contribution is 7.13. The summed E-state index contributed by atoms with van der Waals surface area (Å²) in [6.45, 7) is 1.48. The number of hydrogen-bond donors (Lipinski definition) is 0. The fourth-order valence-corrected chi connectivity index (χ4v) is 3.14.